The van der Waals surface area contributed by atoms with Crippen molar-refractivity contribution in [1.29, 1.82) is 0 Å². The summed E-state index contributed by atoms with van der Waals surface area (Å²) in [4.78, 5) is 4.62. The quantitative estimate of drug-likeness (QED) is 0.487. The number of hydrogen-bond acceptors (Lipinski definition) is 1. The summed E-state index contributed by atoms with van der Waals surface area (Å²) in [6.45, 7) is 12.2. The maximum atomic E-state index is 4.62. The van der Waals surface area contributed by atoms with Crippen molar-refractivity contribution in [2.24, 2.45) is 0 Å². The molecule has 23 heavy (non-hydrogen) atoms. The van der Waals surface area contributed by atoms with Crippen molar-refractivity contribution in [3.8, 4) is 11.3 Å². The fourth-order valence-electron chi connectivity index (χ4n) is 1.97. The van der Waals surface area contributed by atoms with Crippen LogP contribution in [-0.2, 0) is 0 Å². The average molecular weight is 308 g/mol. The molecule has 0 saturated carbocycles. The van der Waals surface area contributed by atoms with Gasteiger partial charge in [0.1, 0.15) is 5.65 Å². The lowest BCUT2D eigenvalue weighted by Crippen LogP contribution is -1.82. The number of rotatable bonds is 1. The third kappa shape index (κ3) is 5.41. The lowest BCUT2D eigenvalue weighted by molar-refractivity contribution is 1.16. The maximum Gasteiger partial charge on any atom is 0.137 e. The number of benzene rings is 1. The number of fused-ring (bicyclic) bond motifs is 1. The van der Waals surface area contributed by atoms with Gasteiger partial charge in [-0.3, -0.25) is 0 Å². The zero-order valence-electron chi connectivity index (χ0n) is 15.2. The number of pyridine rings is 1. The summed E-state index contributed by atoms with van der Waals surface area (Å²) in [5.41, 5.74) is 5.69. The molecule has 0 unspecified atom stereocenters. The van der Waals surface area contributed by atoms with Crippen LogP contribution >= 0.6 is 0 Å². The first-order chi connectivity index (χ1) is 11.1. The molecule has 0 radical (unpaired) electrons. The maximum absolute atomic E-state index is 4.62. The molecule has 0 spiro atoms. The first-order valence-electron chi connectivity index (χ1n) is 8.23. The van der Waals surface area contributed by atoms with Gasteiger partial charge in [-0.25, -0.2) is 4.98 Å². The molecule has 3 rings (SSSR count). The summed E-state index contributed by atoms with van der Waals surface area (Å²) in [6, 6.07) is 12.6. The van der Waals surface area contributed by atoms with Crippen molar-refractivity contribution in [3.05, 3.63) is 72.1 Å². The van der Waals surface area contributed by atoms with Crippen LogP contribution in [-0.4, -0.2) is 9.38 Å². The molecule has 2 heteroatoms. The molecule has 0 saturated heterocycles. The molecule has 2 heterocycles. The molecule has 1 aromatic carbocycles. The standard InChI is InChI=1S/C15H14N2.C4H8.C2H6/c1-11-3-6-13(7-4-11)14-10-17-9-12(2)5-8-15(17)16-14;1-3-4-2;1-2/h3-10H,1-2H3;3-4H,1-2H3;1-2H3/b;4-3+;. The number of nitrogens with zero attached hydrogens (tertiary/aromatic N) is 2. The Kier molecular flexibility index (Phi) is 7.82. The van der Waals surface area contributed by atoms with E-state index in [-0.39, 0.29) is 0 Å². The van der Waals surface area contributed by atoms with E-state index in [1.807, 2.05) is 45.9 Å². The van der Waals surface area contributed by atoms with Crippen LogP contribution in [0.2, 0.25) is 0 Å². The second-order valence-electron chi connectivity index (χ2n) is 5.13. The van der Waals surface area contributed by atoms with Crippen molar-refractivity contribution >= 4 is 5.65 Å². The lowest BCUT2D eigenvalue weighted by atomic mass is 10.1. The van der Waals surface area contributed by atoms with Gasteiger partial charge in [0.2, 0.25) is 0 Å². The molecule has 0 aliphatic rings. The van der Waals surface area contributed by atoms with Gasteiger partial charge in [0.05, 0.1) is 5.69 Å². The zero-order valence-corrected chi connectivity index (χ0v) is 15.2. The summed E-state index contributed by atoms with van der Waals surface area (Å²) >= 11 is 0. The van der Waals surface area contributed by atoms with Gasteiger partial charge in [-0.15, -0.1) is 0 Å². The average Bonchev–Trinajstić information content (AvgIpc) is 3.00. The normalized spacial score (nSPS) is 10.0. The number of hydrogen-bond donors (Lipinski definition) is 0. The Labute approximate surface area is 140 Å². The Hall–Kier alpha value is -2.35. The topological polar surface area (TPSA) is 17.3 Å². The Balaban J connectivity index is 0.000000388. The van der Waals surface area contributed by atoms with Crippen LogP contribution in [0.25, 0.3) is 16.9 Å². The minimum Gasteiger partial charge on any atom is -0.306 e. The lowest BCUT2D eigenvalue weighted by Gasteiger charge is -1.96. The number of aromatic nitrogens is 2. The predicted octanol–water partition coefficient (Wildman–Crippen LogP) is 6.23. The van der Waals surface area contributed by atoms with E-state index in [4.69, 9.17) is 0 Å². The molecule has 2 nitrogen and oxygen atoms in total. The molecule has 0 aliphatic heterocycles. The monoisotopic (exact) mass is 308 g/mol. The second-order valence-corrected chi connectivity index (χ2v) is 5.13. The van der Waals surface area contributed by atoms with Gasteiger partial charge in [0, 0.05) is 18.0 Å². The molecule has 0 bridgehead atoms. The van der Waals surface area contributed by atoms with E-state index in [1.165, 1.54) is 11.1 Å². The van der Waals surface area contributed by atoms with E-state index in [0.717, 1.165) is 16.9 Å². The molecule has 0 atom stereocenters. The van der Waals surface area contributed by atoms with Crippen LogP contribution < -0.4 is 0 Å². The largest absolute Gasteiger partial charge is 0.306 e. The number of imidazole rings is 1. The molecular weight excluding hydrogens is 280 g/mol. The molecule has 0 fully saturated rings. The van der Waals surface area contributed by atoms with Crippen LogP contribution in [0.15, 0.2) is 60.9 Å². The zero-order chi connectivity index (χ0) is 17.2. The summed E-state index contributed by atoms with van der Waals surface area (Å²) in [7, 11) is 0. The van der Waals surface area contributed by atoms with Crippen LogP contribution in [0.5, 0.6) is 0 Å². The van der Waals surface area contributed by atoms with Gasteiger partial charge in [0.15, 0.2) is 0 Å². The molecule has 2 aromatic heterocycles. The van der Waals surface area contributed by atoms with Gasteiger partial charge < -0.3 is 4.40 Å². The first-order valence-corrected chi connectivity index (χ1v) is 8.23. The highest BCUT2D eigenvalue weighted by Crippen LogP contribution is 2.19. The molecule has 0 aliphatic carbocycles. The summed E-state index contributed by atoms with van der Waals surface area (Å²) in [6.07, 6.45) is 8.17. The highest BCUT2D eigenvalue weighted by atomic mass is 15.0. The summed E-state index contributed by atoms with van der Waals surface area (Å²) in [5.74, 6) is 0. The molecule has 122 valence electrons. The number of aryl methyl sites for hydroxylation is 2. The van der Waals surface area contributed by atoms with Crippen LogP contribution in [0, 0.1) is 13.8 Å². The van der Waals surface area contributed by atoms with E-state index in [9.17, 15) is 0 Å². The van der Waals surface area contributed by atoms with Crippen molar-refractivity contribution in [2.45, 2.75) is 41.5 Å². The van der Waals surface area contributed by atoms with Crippen molar-refractivity contribution in [2.75, 3.05) is 0 Å². The highest BCUT2D eigenvalue weighted by molar-refractivity contribution is 5.62. The minimum atomic E-state index is 0.992. The van der Waals surface area contributed by atoms with Crippen LogP contribution in [0.1, 0.15) is 38.8 Å². The summed E-state index contributed by atoms with van der Waals surface area (Å²) in [5, 5.41) is 0. The minimum absolute atomic E-state index is 0.992. The third-order valence-corrected chi connectivity index (χ3v) is 3.28. The SMILES string of the molecule is C/C=C/C.CC.Cc1ccc(-c2cn3cc(C)ccc3n2)cc1. The van der Waals surface area contributed by atoms with Gasteiger partial charge in [-0.2, -0.15) is 0 Å². The van der Waals surface area contributed by atoms with E-state index in [1.54, 1.807) is 0 Å². The Bertz CT molecular complexity index is 730. The Morgan fingerprint density at radius 1 is 0.783 bits per heavy atom. The van der Waals surface area contributed by atoms with Crippen LogP contribution in [0.4, 0.5) is 0 Å². The molecule has 0 N–H and O–H groups in total. The first kappa shape index (κ1) is 18.7. The van der Waals surface area contributed by atoms with E-state index < -0.39 is 0 Å². The van der Waals surface area contributed by atoms with Gasteiger partial charge in [-0.1, -0.05) is 61.9 Å². The van der Waals surface area contributed by atoms with E-state index in [0.29, 0.717) is 0 Å². The number of allylic oxidation sites excluding steroid dienone is 2. The third-order valence-electron chi connectivity index (χ3n) is 3.28. The fourth-order valence-corrected chi connectivity index (χ4v) is 1.97. The van der Waals surface area contributed by atoms with Gasteiger partial charge in [-0.05, 0) is 39.3 Å². The smallest absolute Gasteiger partial charge is 0.137 e. The Morgan fingerprint density at radius 2 is 1.35 bits per heavy atom. The van der Waals surface area contributed by atoms with E-state index >= 15 is 0 Å². The van der Waals surface area contributed by atoms with Gasteiger partial charge in [0.25, 0.3) is 0 Å². The van der Waals surface area contributed by atoms with E-state index in [2.05, 4.69) is 66.0 Å². The molecule has 3 aromatic rings. The Morgan fingerprint density at radius 3 is 1.91 bits per heavy atom. The van der Waals surface area contributed by atoms with Crippen LogP contribution in [0.3, 0.4) is 0 Å². The van der Waals surface area contributed by atoms with Crippen molar-refractivity contribution < 1.29 is 0 Å². The summed E-state index contributed by atoms with van der Waals surface area (Å²) < 4.78 is 2.07. The van der Waals surface area contributed by atoms with Crippen molar-refractivity contribution in [3.63, 3.8) is 0 Å². The van der Waals surface area contributed by atoms with Gasteiger partial charge >= 0.3 is 0 Å². The predicted molar refractivity (Wildman–Crippen MR) is 102 cm³/mol. The van der Waals surface area contributed by atoms with Crippen molar-refractivity contribution in [1.82, 2.24) is 9.38 Å². The second kappa shape index (κ2) is 9.62. The highest BCUT2D eigenvalue weighted by Gasteiger charge is 2.03. The molecule has 0 amide bonds. The molecular formula is C21H28N2. The fraction of sp³-hybridized carbons (Fsp3) is 0.286.